The molecule has 0 radical (unpaired) electrons. The molecule has 1 saturated carbocycles. The predicted octanol–water partition coefficient (Wildman–Crippen LogP) is 5.90. The monoisotopic (exact) mass is 548 g/mol. The van der Waals surface area contributed by atoms with Gasteiger partial charge in [0.25, 0.3) is 0 Å². The summed E-state index contributed by atoms with van der Waals surface area (Å²) in [7, 11) is 0. The van der Waals surface area contributed by atoms with Crippen LogP contribution in [0.4, 0.5) is 0 Å². The van der Waals surface area contributed by atoms with E-state index in [1.54, 1.807) is 6.07 Å². The van der Waals surface area contributed by atoms with Gasteiger partial charge in [-0.15, -0.1) is 0 Å². The predicted molar refractivity (Wildman–Crippen MR) is 127 cm³/mol. The summed E-state index contributed by atoms with van der Waals surface area (Å²) in [5, 5.41) is 9.57. The summed E-state index contributed by atoms with van der Waals surface area (Å²) in [6.45, 7) is 0.803. The number of hydrogen-bond acceptors (Lipinski definition) is 4. The molecule has 0 aromatic heterocycles. The lowest BCUT2D eigenvalue weighted by molar-refractivity contribution is -0.119. The number of aryl methyl sites for hydroxylation is 2. The molecule has 1 N–H and O–H groups in total. The number of phenols is 1. The summed E-state index contributed by atoms with van der Waals surface area (Å²) in [6, 6.07) is 7.74. The first kappa shape index (κ1) is 22.5. The van der Waals surface area contributed by atoms with E-state index in [-0.39, 0.29) is 11.5 Å². The molecule has 2 aromatic carbocycles. The Labute approximate surface area is 199 Å². The van der Waals surface area contributed by atoms with Gasteiger partial charge in [0.1, 0.15) is 23.1 Å². The Morgan fingerprint density at radius 3 is 2.03 bits per heavy atom. The van der Waals surface area contributed by atoms with Crippen LogP contribution in [0.3, 0.4) is 0 Å². The second kappa shape index (κ2) is 9.86. The minimum atomic E-state index is 0.213. The zero-order valence-electron chi connectivity index (χ0n) is 17.4. The van der Waals surface area contributed by atoms with Gasteiger partial charge in [-0.2, -0.15) is 0 Å². The fourth-order valence-electron chi connectivity index (χ4n) is 4.31. The third-order valence-electron chi connectivity index (χ3n) is 6.34. The van der Waals surface area contributed by atoms with Crippen LogP contribution in [0, 0.1) is 5.92 Å². The average Bonchev–Trinajstić information content (AvgIpc) is 2.68. The van der Waals surface area contributed by atoms with E-state index in [1.165, 1.54) is 24.8 Å². The third kappa shape index (κ3) is 5.58. The number of fused-ring (bicyclic) bond motifs is 2. The van der Waals surface area contributed by atoms with Crippen LogP contribution in [-0.2, 0) is 35.3 Å². The summed E-state index contributed by atoms with van der Waals surface area (Å²) in [5.41, 5.74) is 4.28. The highest BCUT2D eigenvalue weighted by molar-refractivity contribution is 9.10. The number of aromatic hydroxyl groups is 1. The molecule has 0 bridgehead atoms. The molecule has 164 valence electrons. The molecule has 0 atom stereocenters. The molecular formula is C25H26Br2O4. The van der Waals surface area contributed by atoms with E-state index in [9.17, 15) is 14.7 Å². The first-order chi connectivity index (χ1) is 14.9. The molecule has 0 saturated heterocycles. The Morgan fingerprint density at radius 2 is 1.42 bits per heavy atom. The molecule has 0 amide bonds. The largest absolute Gasteiger partial charge is 0.508 e. The van der Waals surface area contributed by atoms with Crippen LogP contribution in [0.1, 0.15) is 54.4 Å². The normalized spacial score (nSPS) is 17.7. The van der Waals surface area contributed by atoms with Crippen LogP contribution in [0.5, 0.6) is 11.5 Å². The van der Waals surface area contributed by atoms with E-state index in [4.69, 9.17) is 4.74 Å². The van der Waals surface area contributed by atoms with Gasteiger partial charge < -0.3 is 9.84 Å². The highest BCUT2D eigenvalue weighted by Crippen LogP contribution is 2.34. The number of carbonyl (C=O) groups excluding carboxylic acids is 2. The van der Waals surface area contributed by atoms with E-state index in [0.717, 1.165) is 56.8 Å². The first-order valence-electron chi connectivity index (χ1n) is 10.9. The summed E-state index contributed by atoms with van der Waals surface area (Å²) in [6.07, 6.45) is 7.72. The van der Waals surface area contributed by atoms with Crippen LogP contribution >= 0.6 is 31.9 Å². The Morgan fingerprint density at radius 1 is 0.839 bits per heavy atom. The lowest BCUT2D eigenvalue weighted by atomic mass is 9.86. The number of ether oxygens (including phenoxy) is 1. The van der Waals surface area contributed by atoms with E-state index < -0.39 is 0 Å². The molecule has 3 aliphatic rings. The fraction of sp³-hybridized carbons (Fsp3) is 0.440. The molecule has 4 nitrogen and oxygen atoms in total. The van der Waals surface area contributed by atoms with Crippen molar-refractivity contribution in [1.82, 2.24) is 0 Å². The third-order valence-corrected chi connectivity index (χ3v) is 7.26. The molecule has 6 heteroatoms. The fourth-order valence-corrected chi connectivity index (χ4v) is 5.29. The van der Waals surface area contributed by atoms with Gasteiger partial charge in [-0.25, -0.2) is 0 Å². The van der Waals surface area contributed by atoms with Gasteiger partial charge in [0.15, 0.2) is 0 Å². The first-order valence-corrected chi connectivity index (χ1v) is 12.5. The Kier molecular flexibility index (Phi) is 7.17. The Hall–Kier alpha value is -1.66. The van der Waals surface area contributed by atoms with Crippen molar-refractivity contribution >= 4 is 43.4 Å². The van der Waals surface area contributed by atoms with E-state index in [1.807, 2.05) is 12.1 Å². The highest BCUT2D eigenvalue weighted by atomic mass is 79.9. The molecule has 5 rings (SSSR count). The SMILES string of the molecule is O=C1CCc2cc(Br)cc(O)c2C1.O=C1CCc2cc(Br)cc(OCC3CCC3)c2C1. The minimum Gasteiger partial charge on any atom is -0.508 e. The number of rotatable bonds is 3. The van der Waals surface area contributed by atoms with Crippen molar-refractivity contribution in [3.8, 4) is 11.5 Å². The van der Waals surface area contributed by atoms with Crippen molar-refractivity contribution in [3.63, 3.8) is 0 Å². The summed E-state index contributed by atoms with van der Waals surface area (Å²) in [4.78, 5) is 22.7. The van der Waals surface area contributed by atoms with Crippen LogP contribution < -0.4 is 4.74 Å². The second-order valence-corrected chi connectivity index (χ2v) is 10.5. The lowest BCUT2D eigenvalue weighted by Crippen LogP contribution is -2.21. The molecule has 0 heterocycles. The van der Waals surface area contributed by atoms with E-state index >= 15 is 0 Å². The van der Waals surface area contributed by atoms with E-state index in [0.29, 0.717) is 31.5 Å². The molecule has 0 aliphatic heterocycles. The maximum atomic E-state index is 11.6. The van der Waals surface area contributed by atoms with Crippen molar-refractivity contribution in [2.24, 2.45) is 5.92 Å². The standard InChI is InChI=1S/C15H17BrO2.C10H9BrO2/c16-12-6-11-4-5-13(17)8-14(11)15(7-12)18-9-10-2-1-3-10;11-7-3-6-1-2-8(12)5-9(6)10(13)4-7/h6-7,10H,1-5,8-9H2;3-4,13H,1-2,5H2. The van der Waals surface area contributed by atoms with Crippen molar-refractivity contribution in [2.75, 3.05) is 6.61 Å². The Balaban J connectivity index is 0.000000158. The van der Waals surface area contributed by atoms with Gasteiger partial charge in [0, 0.05) is 45.8 Å². The minimum absolute atomic E-state index is 0.213. The van der Waals surface area contributed by atoms with Crippen LogP contribution in [-0.4, -0.2) is 23.3 Å². The molecule has 2 aromatic rings. The smallest absolute Gasteiger partial charge is 0.137 e. The molecule has 1 fully saturated rings. The number of ketones is 2. The van der Waals surface area contributed by atoms with Gasteiger partial charge in [0.2, 0.25) is 0 Å². The van der Waals surface area contributed by atoms with Gasteiger partial charge in [0.05, 0.1) is 6.61 Å². The molecule has 0 spiro atoms. The maximum Gasteiger partial charge on any atom is 0.137 e. The van der Waals surface area contributed by atoms with Crippen molar-refractivity contribution in [1.29, 1.82) is 0 Å². The van der Waals surface area contributed by atoms with Gasteiger partial charge in [-0.05, 0) is 67.0 Å². The molecular weight excluding hydrogens is 524 g/mol. The van der Waals surface area contributed by atoms with Gasteiger partial charge >= 0.3 is 0 Å². The van der Waals surface area contributed by atoms with Crippen molar-refractivity contribution < 1.29 is 19.4 Å². The highest BCUT2D eigenvalue weighted by Gasteiger charge is 2.23. The number of phenolic OH excluding ortho intramolecular Hbond substituents is 1. The van der Waals surface area contributed by atoms with Crippen LogP contribution in [0.15, 0.2) is 33.2 Å². The van der Waals surface area contributed by atoms with Crippen LogP contribution in [0.2, 0.25) is 0 Å². The second-order valence-electron chi connectivity index (χ2n) is 8.64. The molecule has 0 unspecified atom stereocenters. The average molecular weight is 550 g/mol. The number of halogens is 2. The lowest BCUT2D eigenvalue weighted by Gasteiger charge is -2.27. The Bertz CT molecular complexity index is 1010. The number of benzene rings is 2. The van der Waals surface area contributed by atoms with Gasteiger partial charge in [-0.3, -0.25) is 9.59 Å². The summed E-state index contributed by atoms with van der Waals surface area (Å²) in [5.74, 6) is 2.42. The van der Waals surface area contributed by atoms with Crippen molar-refractivity contribution in [2.45, 2.75) is 57.8 Å². The van der Waals surface area contributed by atoms with E-state index in [2.05, 4.69) is 37.9 Å². The number of carbonyl (C=O) groups is 2. The molecule has 31 heavy (non-hydrogen) atoms. The zero-order valence-corrected chi connectivity index (χ0v) is 20.6. The maximum absolute atomic E-state index is 11.6. The topological polar surface area (TPSA) is 63.6 Å². The summed E-state index contributed by atoms with van der Waals surface area (Å²) < 4.78 is 7.88. The quantitative estimate of drug-likeness (QED) is 0.518. The zero-order chi connectivity index (χ0) is 22.0. The summed E-state index contributed by atoms with van der Waals surface area (Å²) >= 11 is 6.84. The van der Waals surface area contributed by atoms with Crippen LogP contribution in [0.25, 0.3) is 0 Å². The van der Waals surface area contributed by atoms with Gasteiger partial charge in [-0.1, -0.05) is 38.3 Å². The van der Waals surface area contributed by atoms with Crippen molar-refractivity contribution in [3.05, 3.63) is 55.5 Å². The molecule has 3 aliphatic carbocycles. The number of hydrogen-bond donors (Lipinski definition) is 1. The number of Topliss-reactive ketones (excluding diaryl/α,β-unsaturated/α-hetero) is 2.